The second-order valence-electron chi connectivity index (χ2n) is 8.09. The Morgan fingerprint density at radius 1 is 1.00 bits per heavy atom. The van der Waals surface area contributed by atoms with Gasteiger partial charge in [0.05, 0.1) is 17.0 Å². The summed E-state index contributed by atoms with van der Waals surface area (Å²) in [4.78, 5) is 18.2. The molecule has 4 saturated heterocycles. The van der Waals surface area contributed by atoms with Crippen LogP contribution in [0.25, 0.3) is 0 Å². The lowest BCUT2D eigenvalue weighted by atomic mass is 9.57. The predicted molar refractivity (Wildman–Crippen MR) is 92.0 cm³/mol. The minimum absolute atomic E-state index is 0.00531. The van der Waals surface area contributed by atoms with Crippen molar-refractivity contribution < 1.29 is 9.18 Å². The monoisotopic (exact) mass is 330 g/mol. The summed E-state index contributed by atoms with van der Waals surface area (Å²) in [6.07, 6.45) is 3.96. The van der Waals surface area contributed by atoms with E-state index >= 15 is 0 Å². The molecule has 0 radical (unpaired) electrons. The summed E-state index contributed by atoms with van der Waals surface area (Å²) in [6, 6.07) is 7.13. The predicted octanol–water partition coefficient (Wildman–Crippen LogP) is 3.61. The maximum absolute atomic E-state index is 14.4. The van der Waals surface area contributed by atoms with Crippen molar-refractivity contribution in [3.63, 3.8) is 0 Å². The van der Waals surface area contributed by atoms with E-state index in [1.165, 1.54) is 0 Å². The van der Waals surface area contributed by atoms with E-state index in [0.29, 0.717) is 5.78 Å². The second kappa shape index (κ2) is 5.63. The Bertz CT molecular complexity index is 615. The van der Waals surface area contributed by atoms with Crippen LogP contribution in [0.4, 0.5) is 4.39 Å². The first-order chi connectivity index (χ1) is 11.6. The Labute approximate surface area is 143 Å². The zero-order valence-corrected chi connectivity index (χ0v) is 14.7. The molecule has 0 spiro atoms. The Balaban J connectivity index is 1.75. The summed E-state index contributed by atoms with van der Waals surface area (Å²) >= 11 is 0. The van der Waals surface area contributed by atoms with Gasteiger partial charge in [0.1, 0.15) is 11.6 Å². The summed E-state index contributed by atoms with van der Waals surface area (Å²) in [7, 11) is 0. The minimum atomic E-state index is -0.234. The first kappa shape index (κ1) is 16.2. The lowest BCUT2D eigenvalue weighted by Gasteiger charge is -2.66. The highest BCUT2D eigenvalue weighted by atomic mass is 19.1. The fourth-order valence-corrected chi connectivity index (χ4v) is 5.77. The Hall–Kier alpha value is -1.26. The van der Waals surface area contributed by atoms with Crippen molar-refractivity contribution in [3.8, 4) is 0 Å². The Morgan fingerprint density at radius 2 is 1.50 bits per heavy atom. The van der Waals surface area contributed by atoms with E-state index in [1.807, 2.05) is 12.1 Å². The second-order valence-corrected chi connectivity index (χ2v) is 8.09. The maximum Gasteiger partial charge on any atom is 0.150 e. The van der Waals surface area contributed by atoms with Gasteiger partial charge in [0.15, 0.2) is 0 Å². The molecule has 24 heavy (non-hydrogen) atoms. The number of nitrogens with zero attached hydrogens (tertiary/aromatic N) is 2. The van der Waals surface area contributed by atoms with Gasteiger partial charge in [0.2, 0.25) is 0 Å². The van der Waals surface area contributed by atoms with Gasteiger partial charge in [0.25, 0.3) is 0 Å². The molecule has 1 aromatic rings. The molecule has 0 unspecified atom stereocenters. The number of piperidine rings is 2. The lowest BCUT2D eigenvalue weighted by molar-refractivity contribution is -0.206. The minimum Gasteiger partial charge on any atom is -0.298 e. The van der Waals surface area contributed by atoms with Crippen LogP contribution in [0.1, 0.15) is 51.3 Å². The summed E-state index contributed by atoms with van der Waals surface area (Å²) in [5, 5.41) is 0. The summed E-state index contributed by atoms with van der Waals surface area (Å²) < 4.78 is 14.4. The zero-order valence-electron chi connectivity index (χ0n) is 14.7. The van der Waals surface area contributed by atoms with Crippen LogP contribution in [-0.4, -0.2) is 41.8 Å². The van der Waals surface area contributed by atoms with E-state index < -0.39 is 0 Å². The largest absolute Gasteiger partial charge is 0.298 e. The number of carbonyl (C=O) groups is 1. The number of rotatable bonds is 5. The molecule has 4 aliphatic heterocycles. The molecule has 1 aromatic carbocycles. The van der Waals surface area contributed by atoms with Crippen molar-refractivity contribution in [3.05, 3.63) is 35.6 Å². The number of carbonyl (C=O) groups excluding carboxylic acids is 1. The van der Waals surface area contributed by atoms with Gasteiger partial charge in [-0.1, -0.05) is 44.9 Å². The average Bonchev–Trinajstić information content (AvgIpc) is 2.53. The molecule has 0 amide bonds. The van der Waals surface area contributed by atoms with E-state index in [9.17, 15) is 9.18 Å². The number of hydrogen-bond acceptors (Lipinski definition) is 3. The molecule has 4 aliphatic rings. The normalized spacial score (nSPS) is 40.3. The molecule has 4 fully saturated rings. The molecule has 130 valence electrons. The number of benzene rings is 1. The highest BCUT2D eigenvalue weighted by molar-refractivity contribution is 5.93. The van der Waals surface area contributed by atoms with Gasteiger partial charge in [-0.2, -0.15) is 0 Å². The van der Waals surface area contributed by atoms with Crippen molar-refractivity contribution in [2.45, 2.75) is 45.7 Å². The van der Waals surface area contributed by atoms with Gasteiger partial charge < -0.3 is 0 Å². The molecule has 0 N–H and O–H groups in total. The van der Waals surface area contributed by atoms with Crippen LogP contribution in [0, 0.1) is 16.6 Å². The molecular weight excluding hydrogens is 303 g/mol. The molecular formula is C20H27FN2O. The van der Waals surface area contributed by atoms with Crippen LogP contribution in [0.5, 0.6) is 0 Å². The molecule has 0 aliphatic carbocycles. The average molecular weight is 330 g/mol. The first-order valence-corrected chi connectivity index (χ1v) is 9.33. The van der Waals surface area contributed by atoms with Crippen molar-refractivity contribution >= 4 is 5.78 Å². The fourth-order valence-electron chi connectivity index (χ4n) is 5.77. The third-order valence-corrected chi connectivity index (χ3v) is 6.32. The van der Waals surface area contributed by atoms with Gasteiger partial charge in [-0.15, -0.1) is 0 Å². The van der Waals surface area contributed by atoms with Crippen LogP contribution >= 0.6 is 0 Å². The summed E-state index contributed by atoms with van der Waals surface area (Å²) in [5.41, 5.74) is 0.298. The number of Topliss-reactive ketones (excluding diaryl/α,β-unsaturated/α-hetero) is 1. The zero-order chi connectivity index (χ0) is 16.9. The molecule has 5 rings (SSSR count). The molecule has 4 heteroatoms. The van der Waals surface area contributed by atoms with E-state index in [1.54, 1.807) is 12.1 Å². The fraction of sp³-hybridized carbons (Fsp3) is 0.650. The van der Waals surface area contributed by atoms with Crippen LogP contribution in [-0.2, 0) is 4.79 Å². The van der Waals surface area contributed by atoms with Crippen molar-refractivity contribution in [1.82, 2.24) is 9.80 Å². The lowest BCUT2D eigenvalue weighted by Crippen LogP contribution is -2.76. The highest BCUT2D eigenvalue weighted by Gasteiger charge is 2.64. The van der Waals surface area contributed by atoms with Gasteiger partial charge in [0, 0.05) is 31.7 Å². The molecule has 4 heterocycles. The maximum atomic E-state index is 14.4. The van der Waals surface area contributed by atoms with Gasteiger partial charge in [-0.05, 0) is 18.9 Å². The van der Waals surface area contributed by atoms with E-state index in [-0.39, 0.29) is 22.8 Å². The van der Waals surface area contributed by atoms with Crippen LogP contribution < -0.4 is 0 Å². The molecule has 4 bridgehead atoms. The van der Waals surface area contributed by atoms with Gasteiger partial charge in [-0.25, -0.2) is 4.39 Å². The smallest absolute Gasteiger partial charge is 0.150 e. The standard InChI is InChI=1S/C20H27FN2O/c1-3-9-19-11-22-13-20(10-4-2,18(19)24)14-23(12-19)17(22)15-7-5-6-8-16(15)21/h5-8,17H,3-4,9-14H2,1-2H3. The third-order valence-electron chi connectivity index (χ3n) is 6.32. The van der Waals surface area contributed by atoms with Gasteiger partial charge >= 0.3 is 0 Å². The van der Waals surface area contributed by atoms with E-state index in [0.717, 1.165) is 57.4 Å². The van der Waals surface area contributed by atoms with E-state index in [4.69, 9.17) is 0 Å². The van der Waals surface area contributed by atoms with Crippen LogP contribution in [0.2, 0.25) is 0 Å². The Kier molecular flexibility index (Phi) is 3.81. The summed E-state index contributed by atoms with van der Waals surface area (Å²) in [6.45, 7) is 7.50. The van der Waals surface area contributed by atoms with Crippen LogP contribution in [0.15, 0.2) is 24.3 Å². The number of halogens is 1. The molecule has 3 nitrogen and oxygen atoms in total. The number of ketones is 1. The topological polar surface area (TPSA) is 23.6 Å². The van der Waals surface area contributed by atoms with Crippen LogP contribution in [0.3, 0.4) is 0 Å². The quantitative estimate of drug-likeness (QED) is 0.824. The highest BCUT2D eigenvalue weighted by Crippen LogP contribution is 2.55. The van der Waals surface area contributed by atoms with Crippen molar-refractivity contribution in [2.24, 2.45) is 10.8 Å². The van der Waals surface area contributed by atoms with Crippen molar-refractivity contribution in [1.29, 1.82) is 0 Å². The SMILES string of the molecule is CCCC12CN3CC(CCC)(CN(C1)C3c1ccccc1F)C2=O. The Morgan fingerprint density at radius 3 is 1.96 bits per heavy atom. The number of hydrogen-bond donors (Lipinski definition) is 0. The van der Waals surface area contributed by atoms with Crippen molar-refractivity contribution in [2.75, 3.05) is 26.2 Å². The summed E-state index contributed by atoms with van der Waals surface area (Å²) in [5.74, 6) is 0.369. The van der Waals surface area contributed by atoms with Gasteiger partial charge in [-0.3, -0.25) is 14.6 Å². The molecule has 0 aromatic heterocycles. The van der Waals surface area contributed by atoms with E-state index in [2.05, 4.69) is 23.6 Å². The third kappa shape index (κ3) is 2.12. The molecule has 0 atom stereocenters. The molecule has 0 saturated carbocycles. The first-order valence-electron chi connectivity index (χ1n) is 9.33.